The number of aldehydes is 1. The van der Waals surface area contributed by atoms with Gasteiger partial charge in [0, 0.05) is 11.8 Å². The van der Waals surface area contributed by atoms with E-state index in [9.17, 15) is 23.1 Å². The molecule has 2 rings (SSSR count). The van der Waals surface area contributed by atoms with Gasteiger partial charge >= 0.3 is 6.18 Å². The van der Waals surface area contributed by atoms with Crippen molar-refractivity contribution in [2.45, 2.75) is 6.18 Å². The Kier molecular flexibility index (Phi) is 3.25. The van der Waals surface area contributed by atoms with Crippen molar-refractivity contribution >= 4 is 6.29 Å². The normalized spacial score (nSPS) is 11.3. The van der Waals surface area contributed by atoms with Gasteiger partial charge in [-0.25, -0.2) is 4.98 Å². The first-order valence-electron chi connectivity index (χ1n) is 5.23. The summed E-state index contributed by atoms with van der Waals surface area (Å²) in [7, 11) is 0. The average molecular weight is 267 g/mol. The van der Waals surface area contributed by atoms with Crippen molar-refractivity contribution in [3.63, 3.8) is 0 Å². The third kappa shape index (κ3) is 2.73. The van der Waals surface area contributed by atoms with Gasteiger partial charge in [-0.15, -0.1) is 0 Å². The van der Waals surface area contributed by atoms with Crippen LogP contribution in [0, 0.1) is 0 Å². The zero-order chi connectivity index (χ0) is 14.0. The second-order valence-electron chi connectivity index (χ2n) is 3.82. The van der Waals surface area contributed by atoms with Crippen LogP contribution in [0.3, 0.4) is 0 Å². The van der Waals surface area contributed by atoms with Crippen LogP contribution >= 0.6 is 0 Å². The SMILES string of the molecule is O=Cc1ncc(-c2ccc(C(F)(F)F)cc2)cc1O. The minimum absolute atomic E-state index is 0.115. The van der Waals surface area contributed by atoms with E-state index in [1.807, 2.05) is 0 Å². The van der Waals surface area contributed by atoms with Crippen molar-refractivity contribution in [2.24, 2.45) is 0 Å². The van der Waals surface area contributed by atoms with E-state index in [0.717, 1.165) is 12.1 Å². The van der Waals surface area contributed by atoms with Crippen molar-refractivity contribution < 1.29 is 23.1 Å². The van der Waals surface area contributed by atoms with Gasteiger partial charge in [-0.3, -0.25) is 4.79 Å². The Hall–Kier alpha value is -2.37. The third-order valence-electron chi connectivity index (χ3n) is 2.55. The summed E-state index contributed by atoms with van der Waals surface area (Å²) in [5.74, 6) is -0.313. The molecule has 0 atom stereocenters. The molecule has 0 spiro atoms. The number of nitrogens with zero attached hydrogens (tertiary/aromatic N) is 1. The van der Waals surface area contributed by atoms with Crippen molar-refractivity contribution in [3.8, 4) is 16.9 Å². The lowest BCUT2D eigenvalue weighted by atomic mass is 10.0. The highest BCUT2D eigenvalue weighted by Gasteiger charge is 2.29. The topological polar surface area (TPSA) is 50.2 Å². The molecule has 0 radical (unpaired) electrons. The molecule has 0 saturated heterocycles. The molecule has 0 aliphatic rings. The number of carbonyl (C=O) groups is 1. The molecule has 0 fully saturated rings. The standard InChI is InChI=1S/C13H8F3NO2/c14-13(15,16)10-3-1-8(2-4-10)9-5-12(19)11(7-18)17-6-9/h1-7,19H. The molecule has 98 valence electrons. The van der Waals surface area contributed by atoms with E-state index in [-0.39, 0.29) is 11.4 Å². The first kappa shape index (κ1) is 13.1. The smallest absolute Gasteiger partial charge is 0.416 e. The van der Waals surface area contributed by atoms with Gasteiger partial charge in [0.1, 0.15) is 11.4 Å². The van der Waals surface area contributed by atoms with Crippen LogP contribution in [0.5, 0.6) is 5.75 Å². The van der Waals surface area contributed by atoms with E-state index in [2.05, 4.69) is 4.98 Å². The van der Waals surface area contributed by atoms with Gasteiger partial charge in [-0.2, -0.15) is 13.2 Å². The lowest BCUT2D eigenvalue weighted by Gasteiger charge is -2.08. The molecule has 2 aromatic rings. The van der Waals surface area contributed by atoms with Crippen LogP contribution in [0.15, 0.2) is 36.5 Å². The van der Waals surface area contributed by atoms with Crippen molar-refractivity contribution in [1.82, 2.24) is 4.98 Å². The van der Waals surface area contributed by atoms with Gasteiger partial charge in [0.05, 0.1) is 5.56 Å². The molecule has 1 N–H and O–H groups in total. The van der Waals surface area contributed by atoms with E-state index >= 15 is 0 Å². The molecular weight excluding hydrogens is 259 g/mol. The molecule has 0 amide bonds. The molecule has 1 heterocycles. The van der Waals surface area contributed by atoms with Crippen LogP contribution in [0.1, 0.15) is 16.1 Å². The van der Waals surface area contributed by atoms with E-state index in [0.29, 0.717) is 17.4 Å². The number of aromatic nitrogens is 1. The fourth-order valence-corrected chi connectivity index (χ4v) is 1.56. The van der Waals surface area contributed by atoms with Crippen LogP contribution in [0.25, 0.3) is 11.1 Å². The second-order valence-corrected chi connectivity index (χ2v) is 3.82. The van der Waals surface area contributed by atoms with E-state index in [4.69, 9.17) is 0 Å². The summed E-state index contributed by atoms with van der Waals surface area (Å²) in [6.45, 7) is 0. The summed E-state index contributed by atoms with van der Waals surface area (Å²) in [4.78, 5) is 14.2. The van der Waals surface area contributed by atoms with Crippen LogP contribution in [0.4, 0.5) is 13.2 Å². The predicted octanol–water partition coefficient (Wildman–Crippen LogP) is 3.29. The summed E-state index contributed by atoms with van der Waals surface area (Å²) in [5.41, 5.74) is 0.0266. The highest BCUT2D eigenvalue weighted by atomic mass is 19.4. The summed E-state index contributed by atoms with van der Waals surface area (Å²) in [6, 6.07) is 5.72. The van der Waals surface area contributed by atoms with E-state index < -0.39 is 11.7 Å². The number of halogens is 3. The number of rotatable bonds is 2. The van der Waals surface area contributed by atoms with Gasteiger partial charge in [0.15, 0.2) is 6.29 Å². The Bertz CT molecular complexity index is 606. The van der Waals surface area contributed by atoms with E-state index in [1.165, 1.54) is 24.4 Å². The lowest BCUT2D eigenvalue weighted by molar-refractivity contribution is -0.137. The predicted molar refractivity (Wildman–Crippen MR) is 61.7 cm³/mol. The number of alkyl halides is 3. The molecule has 1 aromatic carbocycles. The first-order valence-corrected chi connectivity index (χ1v) is 5.23. The number of hydrogen-bond acceptors (Lipinski definition) is 3. The first-order chi connectivity index (χ1) is 8.91. The Morgan fingerprint density at radius 2 is 1.74 bits per heavy atom. The Labute approximate surface area is 106 Å². The van der Waals surface area contributed by atoms with E-state index in [1.54, 1.807) is 0 Å². The van der Waals surface area contributed by atoms with Crippen LogP contribution in [-0.2, 0) is 6.18 Å². The largest absolute Gasteiger partial charge is 0.506 e. The lowest BCUT2D eigenvalue weighted by Crippen LogP contribution is -2.04. The Morgan fingerprint density at radius 3 is 2.21 bits per heavy atom. The maximum atomic E-state index is 12.4. The highest BCUT2D eigenvalue weighted by Crippen LogP contribution is 2.31. The quantitative estimate of drug-likeness (QED) is 0.849. The highest BCUT2D eigenvalue weighted by molar-refractivity contribution is 5.78. The van der Waals surface area contributed by atoms with Gasteiger partial charge < -0.3 is 5.11 Å². The molecule has 6 heteroatoms. The van der Waals surface area contributed by atoms with Gasteiger partial charge in [-0.05, 0) is 23.8 Å². The van der Waals surface area contributed by atoms with Gasteiger partial charge in [-0.1, -0.05) is 12.1 Å². The zero-order valence-corrected chi connectivity index (χ0v) is 9.48. The van der Waals surface area contributed by atoms with Crippen LogP contribution < -0.4 is 0 Å². The minimum Gasteiger partial charge on any atom is -0.506 e. The molecule has 1 aromatic heterocycles. The third-order valence-corrected chi connectivity index (χ3v) is 2.55. The molecule has 3 nitrogen and oxygen atoms in total. The second kappa shape index (κ2) is 4.72. The molecular formula is C13H8F3NO2. The molecule has 19 heavy (non-hydrogen) atoms. The monoisotopic (exact) mass is 267 g/mol. The maximum Gasteiger partial charge on any atom is 0.416 e. The summed E-state index contributed by atoms with van der Waals surface area (Å²) in [6.07, 6.45) is -2.68. The van der Waals surface area contributed by atoms with Crippen molar-refractivity contribution in [1.29, 1.82) is 0 Å². The van der Waals surface area contributed by atoms with Crippen molar-refractivity contribution in [2.75, 3.05) is 0 Å². The molecule has 0 bridgehead atoms. The van der Waals surface area contributed by atoms with Gasteiger partial charge in [0.2, 0.25) is 0 Å². The fourth-order valence-electron chi connectivity index (χ4n) is 1.56. The van der Waals surface area contributed by atoms with Crippen LogP contribution in [0.2, 0.25) is 0 Å². The summed E-state index contributed by atoms with van der Waals surface area (Å²) >= 11 is 0. The average Bonchev–Trinajstić information content (AvgIpc) is 2.38. The minimum atomic E-state index is -4.39. The number of pyridine rings is 1. The van der Waals surface area contributed by atoms with Crippen molar-refractivity contribution in [3.05, 3.63) is 47.8 Å². The Balaban J connectivity index is 2.37. The molecule has 0 aliphatic heterocycles. The van der Waals surface area contributed by atoms with Gasteiger partial charge in [0.25, 0.3) is 0 Å². The van der Waals surface area contributed by atoms with Crippen LogP contribution in [-0.4, -0.2) is 16.4 Å². The molecule has 0 saturated carbocycles. The fraction of sp³-hybridized carbons (Fsp3) is 0.0769. The molecule has 0 aliphatic carbocycles. The zero-order valence-electron chi connectivity index (χ0n) is 9.48. The summed E-state index contributed by atoms with van der Waals surface area (Å²) in [5, 5.41) is 9.46. The maximum absolute atomic E-state index is 12.4. The number of benzene rings is 1. The summed E-state index contributed by atoms with van der Waals surface area (Å²) < 4.78 is 37.2. The molecule has 0 unspecified atom stereocenters. The number of aromatic hydroxyl groups is 1. The Morgan fingerprint density at radius 1 is 1.11 bits per heavy atom. The number of carbonyl (C=O) groups excluding carboxylic acids is 1. The number of hydrogen-bond donors (Lipinski definition) is 1.